The van der Waals surface area contributed by atoms with E-state index in [2.05, 4.69) is 68.3 Å². The van der Waals surface area contributed by atoms with Gasteiger partial charge in [0.15, 0.2) is 0 Å². The van der Waals surface area contributed by atoms with E-state index in [1.54, 1.807) is 69.9 Å². The van der Waals surface area contributed by atoms with E-state index < -0.39 is 0 Å². The van der Waals surface area contributed by atoms with Gasteiger partial charge in [-0.3, -0.25) is 0 Å². The van der Waals surface area contributed by atoms with Crippen LogP contribution in [0.2, 0.25) is 0 Å². The highest BCUT2D eigenvalue weighted by molar-refractivity contribution is 5.16. The van der Waals surface area contributed by atoms with Gasteiger partial charge in [-0.15, -0.1) is 0 Å². The summed E-state index contributed by atoms with van der Waals surface area (Å²) in [5.74, 6) is 12.7. The van der Waals surface area contributed by atoms with Crippen LogP contribution < -0.4 is 5.32 Å². The van der Waals surface area contributed by atoms with Gasteiger partial charge in [0.1, 0.15) is 0 Å². The lowest BCUT2D eigenvalue weighted by molar-refractivity contribution is -0.0166. The predicted molar refractivity (Wildman–Crippen MR) is 229 cm³/mol. The van der Waals surface area contributed by atoms with Crippen LogP contribution >= 0.6 is 0 Å². The van der Waals surface area contributed by atoms with E-state index in [-0.39, 0.29) is 0 Å². The fourth-order valence-electron chi connectivity index (χ4n) is 14.4. The molecule has 53 heavy (non-hydrogen) atoms. The first-order chi connectivity index (χ1) is 26.1. The van der Waals surface area contributed by atoms with Crippen molar-refractivity contribution in [3.05, 3.63) is 60.9 Å². The van der Waals surface area contributed by atoms with Gasteiger partial charge >= 0.3 is 0 Å². The third-order valence-corrected chi connectivity index (χ3v) is 17.4. The van der Waals surface area contributed by atoms with Gasteiger partial charge in [0.05, 0.1) is 0 Å². The van der Waals surface area contributed by atoms with Crippen molar-refractivity contribution in [3.63, 3.8) is 0 Å². The van der Waals surface area contributed by atoms with Crippen molar-refractivity contribution < 1.29 is 0 Å². The van der Waals surface area contributed by atoms with Crippen LogP contribution in [-0.2, 0) is 0 Å². The molecule has 0 heterocycles. The highest BCUT2D eigenvalue weighted by atomic mass is 14.9. The SMILES string of the molecule is C=C/C=C\C(CCC)C1CC=CC(C(CCC(C)[C@H]2CCC(C3CCC(C4CCCCC4)CC3)C3CCCCC32)CNC2=C[C@@H]3C=CCCC3CC2)C1. The summed E-state index contributed by atoms with van der Waals surface area (Å²) in [5, 5.41) is 4.14. The molecule has 0 aromatic carbocycles. The van der Waals surface area contributed by atoms with Gasteiger partial charge in [0.2, 0.25) is 0 Å². The quantitative estimate of drug-likeness (QED) is 0.131. The van der Waals surface area contributed by atoms with Crippen LogP contribution in [0.15, 0.2) is 60.9 Å². The van der Waals surface area contributed by atoms with Crippen LogP contribution in [0.5, 0.6) is 0 Å². The summed E-state index contributed by atoms with van der Waals surface area (Å²) in [6.07, 6.45) is 56.2. The van der Waals surface area contributed by atoms with Crippen molar-refractivity contribution >= 4 is 0 Å². The molecule has 0 spiro atoms. The van der Waals surface area contributed by atoms with E-state index in [0.29, 0.717) is 17.8 Å². The standard InChI is InChI=1S/C52H83N/c1-4-6-16-39(15-5-2)44-21-14-22-45(35-44)47(37-53-48-32-31-41-19-10-11-20-46(41)36-48)26-25-38(3)49-33-34-50(52-24-13-12-23-51(49)52)43-29-27-42(28-30-43)40-17-8-7-9-18-40/h4,6,11,14,16,20,22,36,38-47,49-53H,1,5,7-10,12-13,15,17-19,21,23-35,37H2,2-3H3/b16-6-/t38?,39?,41?,42?,43?,44?,45?,46-,47?,49+,50?,51?,52?/m0/s1. The van der Waals surface area contributed by atoms with Crippen LogP contribution in [0.1, 0.15) is 174 Å². The molecule has 7 rings (SSSR count). The molecule has 4 fully saturated rings. The van der Waals surface area contributed by atoms with Crippen molar-refractivity contribution in [2.24, 2.45) is 82.9 Å². The summed E-state index contributed by atoms with van der Waals surface area (Å²) in [7, 11) is 0. The molecule has 0 aliphatic heterocycles. The number of hydrogen-bond donors (Lipinski definition) is 1. The molecule has 9 unspecified atom stereocenters. The largest absolute Gasteiger partial charge is 0.388 e. The van der Waals surface area contributed by atoms with E-state index in [9.17, 15) is 0 Å². The van der Waals surface area contributed by atoms with Gasteiger partial charge in [-0.1, -0.05) is 127 Å². The van der Waals surface area contributed by atoms with Gasteiger partial charge in [-0.05, 0) is 186 Å². The molecule has 7 aliphatic rings. The molecule has 0 radical (unpaired) electrons. The average Bonchev–Trinajstić information content (AvgIpc) is 3.22. The fraction of sp³-hybridized carbons (Fsp3) is 0.808. The number of rotatable bonds is 15. The lowest BCUT2D eigenvalue weighted by Crippen LogP contribution is -2.43. The van der Waals surface area contributed by atoms with Gasteiger partial charge in [0.25, 0.3) is 0 Å². The Bertz CT molecular complexity index is 1220. The topological polar surface area (TPSA) is 12.0 Å². The summed E-state index contributed by atoms with van der Waals surface area (Å²) >= 11 is 0. The van der Waals surface area contributed by atoms with Crippen molar-refractivity contribution in [3.8, 4) is 0 Å². The number of allylic oxidation sites excluding steroid dienone is 9. The third-order valence-electron chi connectivity index (χ3n) is 17.4. The van der Waals surface area contributed by atoms with Crippen molar-refractivity contribution in [1.29, 1.82) is 0 Å². The fourth-order valence-corrected chi connectivity index (χ4v) is 14.4. The van der Waals surface area contributed by atoms with Crippen LogP contribution in [0, 0.1) is 82.9 Å². The summed E-state index contributed by atoms with van der Waals surface area (Å²) in [6, 6.07) is 0. The van der Waals surface area contributed by atoms with E-state index >= 15 is 0 Å². The molecule has 0 saturated heterocycles. The Morgan fingerprint density at radius 2 is 1.51 bits per heavy atom. The lowest BCUT2D eigenvalue weighted by atomic mass is 9.54. The molecule has 296 valence electrons. The number of fused-ring (bicyclic) bond motifs is 2. The maximum absolute atomic E-state index is 4.14. The Labute approximate surface area is 328 Å². The molecule has 0 aromatic heterocycles. The van der Waals surface area contributed by atoms with Gasteiger partial charge in [-0.25, -0.2) is 0 Å². The minimum absolute atomic E-state index is 0.675. The highest BCUT2D eigenvalue weighted by Gasteiger charge is 2.45. The second kappa shape index (κ2) is 20.1. The van der Waals surface area contributed by atoms with Crippen molar-refractivity contribution in [1.82, 2.24) is 5.32 Å². The first kappa shape index (κ1) is 39.7. The molecule has 7 aliphatic carbocycles. The third kappa shape index (κ3) is 10.3. The van der Waals surface area contributed by atoms with E-state index in [1.807, 2.05) is 6.08 Å². The Morgan fingerprint density at radius 1 is 0.736 bits per heavy atom. The maximum Gasteiger partial charge on any atom is 0.0177 e. The molecule has 0 amide bonds. The van der Waals surface area contributed by atoms with E-state index in [1.165, 1.54) is 103 Å². The molecule has 11 atom stereocenters. The van der Waals surface area contributed by atoms with Crippen LogP contribution in [-0.4, -0.2) is 6.54 Å². The van der Waals surface area contributed by atoms with Crippen LogP contribution in [0.25, 0.3) is 0 Å². The summed E-state index contributed by atoms with van der Waals surface area (Å²) in [5.41, 5.74) is 1.56. The summed E-state index contributed by atoms with van der Waals surface area (Å²) in [6.45, 7) is 10.3. The molecular weight excluding hydrogens is 639 g/mol. The van der Waals surface area contributed by atoms with E-state index in [0.717, 1.165) is 65.1 Å². The smallest absolute Gasteiger partial charge is 0.0177 e. The zero-order chi connectivity index (χ0) is 36.4. The zero-order valence-corrected chi connectivity index (χ0v) is 34.8. The first-order valence-corrected chi connectivity index (χ1v) is 24.2. The number of hydrogen-bond acceptors (Lipinski definition) is 1. The molecular formula is C52H83N. The molecule has 1 nitrogen and oxygen atoms in total. The van der Waals surface area contributed by atoms with Gasteiger partial charge < -0.3 is 5.32 Å². The zero-order valence-electron chi connectivity index (χ0n) is 34.8. The average molecular weight is 722 g/mol. The molecule has 1 heteroatoms. The normalized spacial score (nSPS) is 38.3. The summed E-state index contributed by atoms with van der Waals surface area (Å²) < 4.78 is 0. The Hall–Kier alpha value is -1.50. The first-order valence-electron chi connectivity index (χ1n) is 24.2. The minimum Gasteiger partial charge on any atom is -0.388 e. The molecule has 0 bridgehead atoms. The van der Waals surface area contributed by atoms with E-state index in [4.69, 9.17) is 0 Å². The summed E-state index contributed by atoms with van der Waals surface area (Å²) in [4.78, 5) is 0. The lowest BCUT2D eigenvalue weighted by Gasteiger charge is -2.51. The second-order valence-electron chi connectivity index (χ2n) is 20.3. The van der Waals surface area contributed by atoms with Gasteiger partial charge in [0, 0.05) is 12.2 Å². The maximum atomic E-state index is 4.14. The molecule has 0 aromatic rings. The van der Waals surface area contributed by atoms with Gasteiger partial charge in [-0.2, -0.15) is 0 Å². The van der Waals surface area contributed by atoms with Crippen LogP contribution in [0.3, 0.4) is 0 Å². The Kier molecular flexibility index (Phi) is 15.1. The minimum atomic E-state index is 0.675. The Balaban J connectivity index is 0.987. The van der Waals surface area contributed by atoms with Crippen molar-refractivity contribution in [2.45, 2.75) is 174 Å². The predicted octanol–water partition coefficient (Wildman–Crippen LogP) is 14.8. The highest BCUT2D eigenvalue weighted by Crippen LogP contribution is 2.55. The monoisotopic (exact) mass is 722 g/mol. The van der Waals surface area contributed by atoms with Crippen molar-refractivity contribution in [2.75, 3.05) is 6.54 Å². The van der Waals surface area contributed by atoms with Crippen LogP contribution in [0.4, 0.5) is 0 Å². The number of nitrogens with one attached hydrogen (secondary N) is 1. The second-order valence-corrected chi connectivity index (χ2v) is 20.3. The molecule has 1 N–H and O–H groups in total. The Morgan fingerprint density at radius 3 is 2.32 bits per heavy atom. The molecule has 4 saturated carbocycles.